The highest BCUT2D eigenvalue weighted by Crippen LogP contribution is 2.34. The number of nitrogens with zero attached hydrogens (tertiary/aromatic N) is 2. The van der Waals surface area contributed by atoms with Crippen LogP contribution in [0.5, 0.6) is 0 Å². The largest absolute Gasteiger partial charge is 0.409 e. The highest BCUT2D eigenvalue weighted by atomic mass is 32.2. The van der Waals surface area contributed by atoms with E-state index >= 15 is 0 Å². The summed E-state index contributed by atoms with van der Waals surface area (Å²) in [4.78, 5) is 3.28. The zero-order valence-electron chi connectivity index (χ0n) is 20.5. The predicted molar refractivity (Wildman–Crippen MR) is 139 cm³/mol. The average molecular weight is 512 g/mol. The van der Waals surface area contributed by atoms with Crippen LogP contribution in [0.4, 0.5) is 13.2 Å². The number of thiophene rings is 1. The maximum Gasteiger partial charge on any atom is 0.409 e. The lowest BCUT2D eigenvalue weighted by Crippen LogP contribution is -2.45. The Morgan fingerprint density at radius 2 is 1.94 bits per heavy atom. The zero-order valence-corrected chi connectivity index (χ0v) is 22.1. The van der Waals surface area contributed by atoms with Crippen molar-refractivity contribution in [3.8, 4) is 10.4 Å². The molecule has 1 aromatic heterocycles. The van der Waals surface area contributed by atoms with Crippen molar-refractivity contribution in [3.63, 3.8) is 0 Å². The minimum atomic E-state index is -4.48. The molecule has 1 heterocycles. The fourth-order valence-corrected chi connectivity index (χ4v) is 4.87. The molecule has 1 unspecified atom stereocenters. The summed E-state index contributed by atoms with van der Waals surface area (Å²) in [6, 6.07) is 8.52. The fraction of sp³-hybridized carbons (Fsp3) is 0.400. The van der Waals surface area contributed by atoms with Gasteiger partial charge >= 0.3 is 6.18 Å². The van der Waals surface area contributed by atoms with Crippen molar-refractivity contribution in [3.05, 3.63) is 58.6 Å². The molecule has 1 atom stereocenters. The van der Waals surface area contributed by atoms with Gasteiger partial charge in [-0.15, -0.1) is 23.1 Å². The molecule has 9 heteroatoms. The summed E-state index contributed by atoms with van der Waals surface area (Å²) in [5, 5.41) is 18.5. The second-order valence-corrected chi connectivity index (χ2v) is 10.2. The van der Waals surface area contributed by atoms with Crippen LogP contribution in [0.3, 0.4) is 0 Å². The van der Waals surface area contributed by atoms with Gasteiger partial charge in [-0.05, 0) is 82.5 Å². The first kappa shape index (κ1) is 28.2. The van der Waals surface area contributed by atoms with Crippen LogP contribution in [0.2, 0.25) is 0 Å². The normalized spacial score (nSPS) is 14.7. The van der Waals surface area contributed by atoms with Crippen molar-refractivity contribution < 1.29 is 18.3 Å². The molecule has 0 aliphatic heterocycles. The van der Waals surface area contributed by atoms with Gasteiger partial charge in [0.1, 0.15) is 11.6 Å². The summed E-state index contributed by atoms with van der Waals surface area (Å²) in [5.74, 6) is 0. The van der Waals surface area contributed by atoms with Crippen LogP contribution in [0, 0.1) is 6.92 Å². The van der Waals surface area contributed by atoms with Gasteiger partial charge < -0.3 is 10.4 Å². The smallest absolute Gasteiger partial charge is 0.384 e. The lowest BCUT2D eigenvalue weighted by atomic mass is 10.0. The summed E-state index contributed by atoms with van der Waals surface area (Å²) in [6.07, 6.45) is 2.42. The summed E-state index contributed by atoms with van der Waals surface area (Å²) in [5.41, 5.74) is 1.01. The Morgan fingerprint density at radius 3 is 2.47 bits per heavy atom. The number of likely N-dealkylation sites (N-methyl/N-ethyl adjacent to an activating group) is 2. The number of thioether (sulfide) groups is 1. The van der Waals surface area contributed by atoms with E-state index in [9.17, 15) is 18.3 Å². The molecule has 34 heavy (non-hydrogen) atoms. The number of aryl methyl sites for hydroxylation is 1. The number of alkyl halides is 3. The molecular formula is C25H32F3N3OS2. The Bertz CT molecular complexity index is 1070. The molecule has 0 spiro atoms. The maximum atomic E-state index is 13.5. The van der Waals surface area contributed by atoms with Crippen LogP contribution in [-0.4, -0.2) is 54.0 Å². The minimum absolute atomic E-state index is 0.0617. The van der Waals surface area contributed by atoms with E-state index in [1.807, 2.05) is 25.3 Å². The highest BCUT2D eigenvalue weighted by molar-refractivity contribution is 7.98. The number of allylic oxidation sites excluding steroid dienone is 1. The van der Waals surface area contributed by atoms with Crippen molar-refractivity contribution in [1.29, 1.82) is 0 Å². The minimum Gasteiger partial charge on any atom is -0.384 e. The van der Waals surface area contributed by atoms with E-state index in [1.54, 1.807) is 43.0 Å². The van der Waals surface area contributed by atoms with Crippen molar-refractivity contribution >= 4 is 34.9 Å². The third-order valence-electron chi connectivity index (χ3n) is 5.17. The molecule has 0 aliphatic rings. The Kier molecular flexibility index (Phi) is 9.59. The molecule has 0 radical (unpaired) electrons. The number of rotatable bonds is 9. The number of aliphatic hydroxyl groups is 1. The maximum absolute atomic E-state index is 13.5. The van der Waals surface area contributed by atoms with Crippen LogP contribution in [0.15, 0.2) is 58.2 Å². The molecule has 0 bridgehead atoms. The van der Waals surface area contributed by atoms with E-state index in [0.29, 0.717) is 0 Å². The number of hydrogen-bond acceptors (Lipinski definition) is 6. The van der Waals surface area contributed by atoms with E-state index in [2.05, 4.69) is 34.7 Å². The molecule has 2 aromatic rings. The highest BCUT2D eigenvalue weighted by Gasteiger charge is 2.42. The van der Waals surface area contributed by atoms with Gasteiger partial charge in [0.15, 0.2) is 0 Å². The molecule has 1 aromatic carbocycles. The van der Waals surface area contributed by atoms with E-state index < -0.39 is 17.8 Å². The monoisotopic (exact) mass is 511 g/mol. The van der Waals surface area contributed by atoms with E-state index in [0.717, 1.165) is 25.9 Å². The quantitative estimate of drug-likeness (QED) is 0.227. The molecular weight excluding hydrogens is 479 g/mol. The molecule has 0 aliphatic carbocycles. The molecule has 0 fully saturated rings. The Hall–Kier alpha value is -2.07. The molecule has 2 N–H and O–H groups in total. The summed E-state index contributed by atoms with van der Waals surface area (Å²) in [6.45, 7) is 6.64. The topological polar surface area (TPSA) is 47.9 Å². The van der Waals surface area contributed by atoms with Gasteiger partial charge in [0.2, 0.25) is 0 Å². The average Bonchev–Trinajstić information content (AvgIpc) is 3.13. The Balaban J connectivity index is 2.40. The van der Waals surface area contributed by atoms with Crippen molar-refractivity contribution in [2.75, 3.05) is 20.4 Å². The molecule has 4 nitrogen and oxygen atoms in total. The third-order valence-corrected chi connectivity index (χ3v) is 7.15. The Labute approximate surface area is 208 Å². The number of hydrazone groups is 1. The first-order valence-corrected chi connectivity index (χ1v) is 12.7. The van der Waals surface area contributed by atoms with Crippen molar-refractivity contribution in [2.45, 2.75) is 50.4 Å². The standard InChI is InChI=1S/C25H32F3N3OS2/c1-8-19(23(29-5)25(26,27)28)31(6)30-22(24(3,4)32)13-12-20-16(2)14-21(34-20)17-10-9-11-18(15-17)33-7/h8-15,23,29,32H,1-7H3/b13-12+,19-8+,30-22+. The van der Waals surface area contributed by atoms with Crippen LogP contribution >= 0.6 is 23.1 Å². The van der Waals surface area contributed by atoms with Crippen LogP contribution in [-0.2, 0) is 0 Å². The third kappa shape index (κ3) is 7.21. The Morgan fingerprint density at radius 1 is 1.26 bits per heavy atom. The molecule has 2 rings (SSSR count). The van der Waals surface area contributed by atoms with Gasteiger partial charge in [0.05, 0.1) is 11.4 Å². The second kappa shape index (κ2) is 11.6. The van der Waals surface area contributed by atoms with Crippen LogP contribution < -0.4 is 5.32 Å². The fourth-order valence-electron chi connectivity index (χ4n) is 3.33. The van der Waals surface area contributed by atoms with Crippen molar-refractivity contribution in [2.24, 2.45) is 5.10 Å². The first-order chi connectivity index (χ1) is 15.8. The second-order valence-electron chi connectivity index (χ2n) is 8.27. The lowest BCUT2D eigenvalue weighted by molar-refractivity contribution is -0.149. The van der Waals surface area contributed by atoms with Gasteiger partial charge in [0, 0.05) is 21.7 Å². The molecule has 0 saturated carbocycles. The van der Waals surface area contributed by atoms with Crippen molar-refractivity contribution in [1.82, 2.24) is 10.3 Å². The van der Waals surface area contributed by atoms with Gasteiger partial charge in [0.25, 0.3) is 0 Å². The summed E-state index contributed by atoms with van der Waals surface area (Å²) >= 11 is 3.29. The first-order valence-electron chi connectivity index (χ1n) is 10.7. The molecule has 0 amide bonds. The molecule has 0 saturated heterocycles. The zero-order chi connectivity index (χ0) is 25.7. The van der Waals surface area contributed by atoms with Crippen LogP contribution in [0.25, 0.3) is 16.5 Å². The van der Waals surface area contributed by atoms with E-state index in [4.69, 9.17) is 0 Å². The number of nitrogens with one attached hydrogen (secondary N) is 1. The SMILES string of the molecule is C/C=C(\C(NC)C(F)(F)F)N(C)/N=C(\C=C\c1sc(-c2cccc(SC)c2)cc1C)C(C)(C)O. The molecule has 186 valence electrons. The van der Waals surface area contributed by atoms with Gasteiger partial charge in [-0.2, -0.15) is 18.3 Å². The summed E-state index contributed by atoms with van der Waals surface area (Å²) in [7, 11) is 2.69. The van der Waals surface area contributed by atoms with Gasteiger partial charge in [-0.1, -0.05) is 18.2 Å². The van der Waals surface area contributed by atoms with Crippen LogP contribution in [0.1, 0.15) is 31.2 Å². The number of benzene rings is 1. The lowest BCUT2D eigenvalue weighted by Gasteiger charge is -2.29. The van der Waals surface area contributed by atoms with Gasteiger partial charge in [-0.25, -0.2) is 0 Å². The number of hydrogen-bond donors (Lipinski definition) is 2. The number of halogens is 3. The van der Waals surface area contributed by atoms with E-state index in [-0.39, 0.29) is 11.4 Å². The van der Waals surface area contributed by atoms with Gasteiger partial charge in [-0.3, -0.25) is 5.01 Å². The predicted octanol–water partition coefficient (Wildman–Crippen LogP) is 6.57. The van der Waals surface area contributed by atoms with E-state index in [1.165, 1.54) is 32.0 Å². The summed E-state index contributed by atoms with van der Waals surface area (Å²) < 4.78 is 40.4.